The van der Waals surface area contributed by atoms with Gasteiger partial charge in [0.15, 0.2) is 0 Å². The highest BCUT2D eigenvalue weighted by Crippen LogP contribution is 2.09. The summed E-state index contributed by atoms with van der Waals surface area (Å²) < 4.78 is 0. The topological polar surface area (TPSA) is 115 Å². The van der Waals surface area contributed by atoms with Crippen LogP contribution in [0.4, 0.5) is 0 Å². The molecule has 0 amide bonds. The summed E-state index contributed by atoms with van der Waals surface area (Å²) in [6, 6.07) is 6.11. The van der Waals surface area contributed by atoms with Gasteiger partial charge in [-0.2, -0.15) is 0 Å². The molecule has 1 rings (SSSR count). The Kier molecular flexibility index (Phi) is 5.67. The molecule has 108 valence electrons. The molecule has 20 heavy (non-hydrogen) atoms. The molecule has 0 aliphatic rings. The van der Waals surface area contributed by atoms with E-state index in [0.717, 1.165) is 0 Å². The average Bonchev–Trinajstić information content (AvgIpc) is 2.35. The second-order valence-electron chi connectivity index (χ2n) is 4.25. The minimum absolute atomic E-state index is 0.0823. The number of aliphatic carboxylic acids is 2. The van der Waals surface area contributed by atoms with Crippen molar-refractivity contribution in [3.8, 4) is 0 Å². The molecule has 0 heterocycles. The molecule has 0 unspecified atom stereocenters. The third-order valence-electron chi connectivity index (χ3n) is 2.58. The van der Waals surface area contributed by atoms with Crippen LogP contribution in [0.15, 0.2) is 24.3 Å². The van der Waals surface area contributed by atoms with Crippen molar-refractivity contribution >= 4 is 17.9 Å². The predicted molar refractivity (Wildman–Crippen MR) is 68.6 cm³/mol. The standard InChI is InChI=1S/C13H15NO6/c15-11(16)4-5-14(8-12(17)18)7-9-2-1-3-10(6-9)13(19)20/h1-3,6H,4-5,7-8H2,(H,15,16)(H,17,18)(H,19,20). The monoisotopic (exact) mass is 281 g/mol. The van der Waals surface area contributed by atoms with Crippen molar-refractivity contribution in [2.24, 2.45) is 0 Å². The van der Waals surface area contributed by atoms with E-state index in [9.17, 15) is 14.4 Å². The van der Waals surface area contributed by atoms with Crippen LogP contribution in [-0.4, -0.2) is 51.2 Å². The minimum atomic E-state index is -1.07. The number of carbonyl (C=O) groups is 3. The first-order chi connectivity index (χ1) is 9.38. The summed E-state index contributed by atoms with van der Waals surface area (Å²) >= 11 is 0. The molecule has 0 bridgehead atoms. The van der Waals surface area contributed by atoms with Crippen LogP contribution >= 0.6 is 0 Å². The molecule has 0 spiro atoms. The van der Waals surface area contributed by atoms with Gasteiger partial charge in [-0.25, -0.2) is 4.79 Å². The van der Waals surface area contributed by atoms with Crippen molar-refractivity contribution in [1.29, 1.82) is 0 Å². The maximum atomic E-state index is 10.8. The normalized spacial score (nSPS) is 10.4. The first-order valence-electron chi connectivity index (χ1n) is 5.86. The summed E-state index contributed by atoms with van der Waals surface area (Å²) in [4.78, 5) is 33.6. The van der Waals surface area contributed by atoms with E-state index in [4.69, 9.17) is 15.3 Å². The minimum Gasteiger partial charge on any atom is -0.481 e. The number of nitrogens with zero attached hydrogens (tertiary/aromatic N) is 1. The molecular weight excluding hydrogens is 266 g/mol. The first kappa shape index (κ1) is 15.6. The zero-order valence-electron chi connectivity index (χ0n) is 10.7. The Morgan fingerprint density at radius 1 is 1.05 bits per heavy atom. The van der Waals surface area contributed by atoms with Crippen molar-refractivity contribution in [2.45, 2.75) is 13.0 Å². The fourth-order valence-electron chi connectivity index (χ4n) is 1.72. The van der Waals surface area contributed by atoms with E-state index in [-0.39, 0.29) is 31.6 Å². The van der Waals surface area contributed by atoms with Gasteiger partial charge in [0.1, 0.15) is 0 Å². The number of carboxylic acid groups (broad SMARTS) is 3. The summed E-state index contributed by atoms with van der Waals surface area (Å²) in [5, 5.41) is 26.3. The lowest BCUT2D eigenvalue weighted by Crippen LogP contribution is -2.31. The van der Waals surface area contributed by atoms with Gasteiger partial charge in [0.05, 0.1) is 18.5 Å². The molecule has 0 aliphatic heterocycles. The summed E-state index contributed by atoms with van der Waals surface area (Å²) in [6.07, 6.45) is -0.175. The lowest BCUT2D eigenvalue weighted by atomic mass is 10.1. The molecule has 0 radical (unpaired) electrons. The van der Waals surface area contributed by atoms with Crippen LogP contribution in [0.2, 0.25) is 0 Å². The summed E-state index contributed by atoms with van der Waals surface area (Å²) in [6.45, 7) is -0.0375. The summed E-state index contributed by atoms with van der Waals surface area (Å²) in [7, 11) is 0. The fourth-order valence-corrected chi connectivity index (χ4v) is 1.72. The number of hydrogen-bond donors (Lipinski definition) is 3. The van der Waals surface area contributed by atoms with Gasteiger partial charge >= 0.3 is 17.9 Å². The van der Waals surface area contributed by atoms with E-state index in [2.05, 4.69) is 0 Å². The van der Waals surface area contributed by atoms with Crippen LogP contribution in [0.5, 0.6) is 0 Å². The molecule has 0 aromatic heterocycles. The SMILES string of the molecule is O=C(O)CCN(CC(=O)O)Cc1cccc(C(=O)O)c1. The van der Waals surface area contributed by atoms with Gasteiger partial charge < -0.3 is 15.3 Å². The molecule has 1 aromatic rings. The number of benzene rings is 1. The quantitative estimate of drug-likeness (QED) is 0.643. The Balaban J connectivity index is 2.77. The van der Waals surface area contributed by atoms with Crippen molar-refractivity contribution in [1.82, 2.24) is 4.90 Å². The zero-order valence-corrected chi connectivity index (χ0v) is 10.7. The molecule has 0 atom stereocenters. The maximum Gasteiger partial charge on any atom is 0.335 e. The molecule has 0 aliphatic carbocycles. The predicted octanol–water partition coefficient (Wildman–Crippen LogP) is 0.746. The van der Waals surface area contributed by atoms with E-state index in [1.54, 1.807) is 12.1 Å². The third kappa shape index (κ3) is 5.49. The Labute approximate surface area is 115 Å². The Bertz CT molecular complexity index is 513. The van der Waals surface area contributed by atoms with E-state index < -0.39 is 17.9 Å². The lowest BCUT2D eigenvalue weighted by Gasteiger charge is -2.19. The van der Waals surface area contributed by atoms with Gasteiger partial charge in [0.25, 0.3) is 0 Å². The van der Waals surface area contributed by atoms with Crippen molar-refractivity contribution in [3.63, 3.8) is 0 Å². The molecule has 0 saturated carbocycles. The summed E-state index contributed by atoms with van der Waals surface area (Å²) in [5.74, 6) is -3.15. The van der Waals surface area contributed by atoms with E-state index >= 15 is 0 Å². The lowest BCUT2D eigenvalue weighted by molar-refractivity contribution is -0.141. The number of rotatable bonds is 8. The molecule has 0 saturated heterocycles. The maximum absolute atomic E-state index is 10.8. The highest BCUT2D eigenvalue weighted by atomic mass is 16.4. The van der Waals surface area contributed by atoms with Crippen molar-refractivity contribution in [3.05, 3.63) is 35.4 Å². The van der Waals surface area contributed by atoms with Crippen LogP contribution < -0.4 is 0 Å². The van der Waals surface area contributed by atoms with Crippen LogP contribution in [0.1, 0.15) is 22.3 Å². The third-order valence-corrected chi connectivity index (χ3v) is 2.58. The molecule has 3 N–H and O–H groups in total. The fraction of sp³-hybridized carbons (Fsp3) is 0.308. The van der Waals surface area contributed by atoms with Gasteiger partial charge in [-0.15, -0.1) is 0 Å². The summed E-state index contributed by atoms with van der Waals surface area (Å²) in [5.41, 5.74) is 0.729. The molecule has 0 fully saturated rings. The van der Waals surface area contributed by atoms with E-state index in [1.165, 1.54) is 17.0 Å². The highest BCUT2D eigenvalue weighted by Gasteiger charge is 2.13. The van der Waals surface area contributed by atoms with E-state index in [0.29, 0.717) is 5.56 Å². The Morgan fingerprint density at radius 2 is 1.75 bits per heavy atom. The van der Waals surface area contributed by atoms with Crippen LogP contribution in [0.3, 0.4) is 0 Å². The van der Waals surface area contributed by atoms with Gasteiger partial charge in [0, 0.05) is 13.1 Å². The van der Waals surface area contributed by atoms with Crippen molar-refractivity contribution < 1.29 is 29.7 Å². The van der Waals surface area contributed by atoms with Gasteiger partial charge in [-0.05, 0) is 17.7 Å². The largest absolute Gasteiger partial charge is 0.481 e. The number of hydrogen-bond acceptors (Lipinski definition) is 4. The average molecular weight is 281 g/mol. The zero-order chi connectivity index (χ0) is 15.1. The number of aromatic carboxylic acids is 1. The van der Waals surface area contributed by atoms with Crippen LogP contribution in [0.25, 0.3) is 0 Å². The molecule has 7 heteroatoms. The van der Waals surface area contributed by atoms with Gasteiger partial charge in [-0.1, -0.05) is 12.1 Å². The second-order valence-corrected chi connectivity index (χ2v) is 4.25. The second kappa shape index (κ2) is 7.25. The Morgan fingerprint density at radius 3 is 2.30 bits per heavy atom. The smallest absolute Gasteiger partial charge is 0.335 e. The number of carboxylic acids is 3. The molecule has 1 aromatic carbocycles. The van der Waals surface area contributed by atoms with Gasteiger partial charge in [0.2, 0.25) is 0 Å². The highest BCUT2D eigenvalue weighted by molar-refractivity contribution is 5.87. The Hall–Kier alpha value is -2.41. The van der Waals surface area contributed by atoms with Crippen molar-refractivity contribution in [2.75, 3.05) is 13.1 Å². The van der Waals surface area contributed by atoms with Crippen LogP contribution in [-0.2, 0) is 16.1 Å². The molecule has 7 nitrogen and oxygen atoms in total. The van der Waals surface area contributed by atoms with Gasteiger partial charge in [-0.3, -0.25) is 14.5 Å². The molecular formula is C13H15NO6. The first-order valence-corrected chi connectivity index (χ1v) is 5.86. The van der Waals surface area contributed by atoms with Crippen LogP contribution in [0, 0.1) is 0 Å². The van der Waals surface area contributed by atoms with E-state index in [1.807, 2.05) is 0 Å².